The lowest BCUT2D eigenvalue weighted by atomic mass is 10.1. The molecule has 1 N–H and O–H groups in total. The molecule has 0 saturated carbocycles. The van der Waals surface area contributed by atoms with E-state index in [1.807, 2.05) is 0 Å². The van der Waals surface area contributed by atoms with Gasteiger partial charge in [-0.2, -0.15) is 0 Å². The predicted molar refractivity (Wildman–Crippen MR) is 81.4 cm³/mol. The Hall–Kier alpha value is -1.52. The summed E-state index contributed by atoms with van der Waals surface area (Å²) < 4.78 is 31.8. The first kappa shape index (κ1) is 15.9. The average molecular weight is 332 g/mol. The van der Waals surface area contributed by atoms with E-state index < -0.39 is 11.6 Å². The fourth-order valence-electron chi connectivity index (χ4n) is 1.97. The summed E-state index contributed by atoms with van der Waals surface area (Å²) in [5.74, 6) is -0.594. The molecule has 0 amide bonds. The van der Waals surface area contributed by atoms with Gasteiger partial charge in [0.05, 0.1) is 23.9 Å². The number of rotatable bonds is 4. The Morgan fingerprint density at radius 1 is 1.10 bits per heavy atom. The van der Waals surface area contributed by atoms with E-state index in [1.165, 1.54) is 31.4 Å². The molecule has 0 radical (unpaired) electrons. The summed E-state index contributed by atoms with van der Waals surface area (Å²) in [6, 6.07) is 6.43. The third-order valence-corrected chi connectivity index (χ3v) is 3.66. The summed E-state index contributed by atoms with van der Waals surface area (Å²) in [7, 11) is 1.44. The van der Waals surface area contributed by atoms with E-state index in [-0.39, 0.29) is 11.1 Å². The maximum atomic E-state index is 13.6. The van der Waals surface area contributed by atoms with E-state index >= 15 is 0 Å². The molecule has 2 rings (SSSR count). The van der Waals surface area contributed by atoms with Crippen LogP contribution in [0.5, 0.6) is 5.75 Å². The van der Waals surface area contributed by atoms with Crippen LogP contribution in [0.25, 0.3) is 0 Å². The third-order valence-electron chi connectivity index (χ3n) is 3.04. The van der Waals surface area contributed by atoms with Crippen LogP contribution in [0.2, 0.25) is 10.0 Å². The number of nitrogens with one attached hydrogen (secondary N) is 1. The molecule has 0 aliphatic rings. The Bertz CT molecular complexity index is 664. The summed E-state index contributed by atoms with van der Waals surface area (Å²) in [6.45, 7) is 1.80. The van der Waals surface area contributed by atoms with Gasteiger partial charge in [0.1, 0.15) is 17.4 Å². The summed E-state index contributed by atoms with van der Waals surface area (Å²) >= 11 is 11.8. The van der Waals surface area contributed by atoms with Crippen LogP contribution in [0.4, 0.5) is 14.5 Å². The van der Waals surface area contributed by atoms with Gasteiger partial charge in [0.2, 0.25) is 0 Å². The summed E-state index contributed by atoms with van der Waals surface area (Å²) in [5, 5.41) is 3.42. The molecule has 0 heterocycles. The van der Waals surface area contributed by atoms with Crippen LogP contribution < -0.4 is 10.1 Å². The zero-order chi connectivity index (χ0) is 15.6. The monoisotopic (exact) mass is 331 g/mol. The third kappa shape index (κ3) is 3.57. The number of hydrogen-bond acceptors (Lipinski definition) is 2. The highest BCUT2D eigenvalue weighted by atomic mass is 35.5. The number of anilines is 1. The van der Waals surface area contributed by atoms with Gasteiger partial charge in [-0.1, -0.05) is 23.2 Å². The molecule has 1 atom stereocenters. The van der Waals surface area contributed by atoms with Crippen LogP contribution >= 0.6 is 23.2 Å². The molecule has 6 heteroatoms. The van der Waals surface area contributed by atoms with Crippen LogP contribution in [0.1, 0.15) is 18.5 Å². The molecular formula is C15H13Cl2F2NO. The van der Waals surface area contributed by atoms with Crippen molar-refractivity contribution in [2.45, 2.75) is 13.0 Å². The van der Waals surface area contributed by atoms with Gasteiger partial charge in [-0.25, -0.2) is 8.78 Å². The van der Waals surface area contributed by atoms with Gasteiger partial charge in [0.15, 0.2) is 0 Å². The Kier molecular flexibility index (Phi) is 4.91. The highest BCUT2D eigenvalue weighted by Crippen LogP contribution is 2.33. The Labute approximate surface area is 131 Å². The topological polar surface area (TPSA) is 21.3 Å². The average Bonchev–Trinajstić information content (AvgIpc) is 2.44. The van der Waals surface area contributed by atoms with Crippen LogP contribution in [0.15, 0.2) is 30.3 Å². The van der Waals surface area contributed by atoms with Crippen LogP contribution in [-0.4, -0.2) is 7.11 Å². The van der Waals surface area contributed by atoms with E-state index in [0.29, 0.717) is 22.0 Å². The zero-order valence-electron chi connectivity index (χ0n) is 11.4. The van der Waals surface area contributed by atoms with Crippen LogP contribution in [-0.2, 0) is 0 Å². The Balaban J connectivity index is 2.30. The normalized spacial score (nSPS) is 12.1. The first-order valence-corrected chi connectivity index (χ1v) is 6.92. The molecule has 0 aromatic heterocycles. The van der Waals surface area contributed by atoms with Crippen molar-refractivity contribution in [3.05, 3.63) is 57.6 Å². The van der Waals surface area contributed by atoms with E-state index in [1.54, 1.807) is 13.0 Å². The van der Waals surface area contributed by atoms with Crippen molar-refractivity contribution in [3.63, 3.8) is 0 Å². The molecule has 0 aliphatic carbocycles. The van der Waals surface area contributed by atoms with Gasteiger partial charge in [0, 0.05) is 11.1 Å². The molecule has 112 valence electrons. The standard InChI is InChI=1S/C15H13Cl2F2NO/c1-8(10-6-13(19)12(17)7-11(10)16)20-14-4-3-9(18)5-15(14)21-2/h3-8,20H,1-2H3. The van der Waals surface area contributed by atoms with Gasteiger partial charge in [-0.3, -0.25) is 0 Å². The van der Waals surface area contributed by atoms with E-state index in [4.69, 9.17) is 27.9 Å². The fraction of sp³-hybridized carbons (Fsp3) is 0.200. The minimum atomic E-state index is -0.546. The maximum absolute atomic E-state index is 13.6. The quantitative estimate of drug-likeness (QED) is 0.752. The molecule has 0 bridgehead atoms. The van der Waals surface area contributed by atoms with Crippen molar-refractivity contribution < 1.29 is 13.5 Å². The lowest BCUT2D eigenvalue weighted by Gasteiger charge is -2.19. The number of ether oxygens (including phenoxy) is 1. The molecule has 2 aromatic carbocycles. The molecule has 0 aliphatic heterocycles. The zero-order valence-corrected chi connectivity index (χ0v) is 12.9. The van der Waals surface area contributed by atoms with Gasteiger partial charge in [0.25, 0.3) is 0 Å². The van der Waals surface area contributed by atoms with Crippen molar-refractivity contribution in [1.29, 1.82) is 0 Å². The van der Waals surface area contributed by atoms with Crippen molar-refractivity contribution in [3.8, 4) is 5.75 Å². The Morgan fingerprint density at radius 2 is 1.81 bits per heavy atom. The minimum absolute atomic E-state index is 0.0321. The molecule has 2 nitrogen and oxygen atoms in total. The van der Waals surface area contributed by atoms with Crippen molar-refractivity contribution in [2.24, 2.45) is 0 Å². The van der Waals surface area contributed by atoms with Crippen molar-refractivity contribution in [2.75, 3.05) is 12.4 Å². The van der Waals surface area contributed by atoms with Gasteiger partial charge < -0.3 is 10.1 Å². The highest BCUT2D eigenvalue weighted by molar-refractivity contribution is 6.35. The van der Waals surface area contributed by atoms with Crippen molar-refractivity contribution in [1.82, 2.24) is 0 Å². The number of halogens is 4. The minimum Gasteiger partial charge on any atom is -0.494 e. The molecule has 0 saturated heterocycles. The summed E-state index contributed by atoms with van der Waals surface area (Å²) in [6.07, 6.45) is 0. The van der Waals surface area contributed by atoms with E-state index in [0.717, 1.165) is 0 Å². The maximum Gasteiger partial charge on any atom is 0.144 e. The Morgan fingerprint density at radius 3 is 2.48 bits per heavy atom. The predicted octanol–water partition coefficient (Wildman–Crippen LogP) is 5.45. The number of methoxy groups -OCH3 is 1. The van der Waals surface area contributed by atoms with Gasteiger partial charge >= 0.3 is 0 Å². The van der Waals surface area contributed by atoms with E-state index in [9.17, 15) is 8.78 Å². The first-order valence-electron chi connectivity index (χ1n) is 6.17. The molecule has 1 unspecified atom stereocenters. The molecule has 21 heavy (non-hydrogen) atoms. The largest absolute Gasteiger partial charge is 0.494 e. The SMILES string of the molecule is COc1cc(F)ccc1NC(C)c1cc(F)c(Cl)cc1Cl. The lowest BCUT2D eigenvalue weighted by Crippen LogP contribution is -2.09. The van der Waals surface area contributed by atoms with Gasteiger partial charge in [-0.05, 0) is 36.8 Å². The molecule has 2 aromatic rings. The first-order chi connectivity index (χ1) is 9.92. The van der Waals surface area contributed by atoms with Gasteiger partial charge in [-0.15, -0.1) is 0 Å². The molecular weight excluding hydrogens is 319 g/mol. The van der Waals surface area contributed by atoms with Crippen LogP contribution in [0.3, 0.4) is 0 Å². The summed E-state index contributed by atoms with van der Waals surface area (Å²) in [4.78, 5) is 0. The second-order valence-corrected chi connectivity index (χ2v) is 5.31. The second-order valence-electron chi connectivity index (χ2n) is 4.50. The highest BCUT2D eigenvalue weighted by Gasteiger charge is 2.15. The smallest absolute Gasteiger partial charge is 0.144 e. The second kappa shape index (κ2) is 6.50. The number of benzene rings is 2. The summed E-state index contributed by atoms with van der Waals surface area (Å²) in [5.41, 5.74) is 1.13. The van der Waals surface area contributed by atoms with Crippen molar-refractivity contribution >= 4 is 28.9 Å². The molecule has 0 spiro atoms. The van der Waals surface area contributed by atoms with E-state index in [2.05, 4.69) is 5.32 Å². The molecule has 0 fully saturated rings. The van der Waals surface area contributed by atoms with Crippen LogP contribution in [0, 0.1) is 11.6 Å². The number of hydrogen-bond donors (Lipinski definition) is 1. The lowest BCUT2D eigenvalue weighted by molar-refractivity contribution is 0.412. The fourth-order valence-corrected chi connectivity index (χ4v) is 2.51.